The van der Waals surface area contributed by atoms with Gasteiger partial charge in [-0.25, -0.2) is 4.79 Å². The summed E-state index contributed by atoms with van der Waals surface area (Å²) in [6.07, 6.45) is -1.89. The van der Waals surface area contributed by atoms with Crippen LogP contribution in [0.5, 0.6) is 5.75 Å². The molecule has 2 aromatic carbocycles. The second-order valence-electron chi connectivity index (χ2n) is 6.43. The molecule has 0 bridgehead atoms. The Labute approximate surface area is 165 Å². The number of nitro benzene ring substituents is 1. The maximum Gasteiger partial charge on any atom is 0.338 e. The minimum atomic E-state index is -0.543. The summed E-state index contributed by atoms with van der Waals surface area (Å²) in [6, 6.07) is 12.7. The van der Waals surface area contributed by atoms with Crippen LogP contribution in [-0.4, -0.2) is 48.5 Å². The predicted molar refractivity (Wildman–Crippen MR) is 97.6 cm³/mol. The van der Waals surface area contributed by atoms with E-state index in [1.54, 1.807) is 24.3 Å². The standard InChI is InChI=1S/C19H16ClNO7/c20-13-8-12(21(23)24)6-7-14(13)27-15-9-25-18-16(10-26-17(15)18)28-19(22)11-4-2-1-3-5-11/h1-8,15-18H,9-10H2/t15-,16-,17+,18+/m0/s1. The topological polar surface area (TPSA) is 97.1 Å². The molecule has 0 radical (unpaired) electrons. The van der Waals surface area contributed by atoms with E-state index in [9.17, 15) is 14.9 Å². The van der Waals surface area contributed by atoms with E-state index in [-0.39, 0.29) is 23.9 Å². The second-order valence-corrected chi connectivity index (χ2v) is 6.84. The number of carbonyl (C=O) groups excluding carboxylic acids is 1. The molecular weight excluding hydrogens is 390 g/mol. The van der Waals surface area contributed by atoms with Crippen LogP contribution in [0.3, 0.4) is 0 Å². The fourth-order valence-electron chi connectivity index (χ4n) is 3.27. The molecule has 8 nitrogen and oxygen atoms in total. The van der Waals surface area contributed by atoms with Crippen LogP contribution in [0.4, 0.5) is 5.69 Å². The zero-order chi connectivity index (χ0) is 19.7. The molecule has 2 aliphatic heterocycles. The zero-order valence-corrected chi connectivity index (χ0v) is 15.3. The highest BCUT2D eigenvalue weighted by Gasteiger charge is 2.50. The third-order valence-corrected chi connectivity index (χ3v) is 4.93. The fraction of sp³-hybridized carbons (Fsp3) is 0.316. The summed E-state index contributed by atoms with van der Waals surface area (Å²) >= 11 is 6.08. The van der Waals surface area contributed by atoms with E-state index in [0.717, 1.165) is 0 Å². The van der Waals surface area contributed by atoms with Gasteiger partial charge in [0.05, 0.1) is 28.7 Å². The van der Waals surface area contributed by atoms with Crippen LogP contribution in [0.25, 0.3) is 0 Å². The van der Waals surface area contributed by atoms with Gasteiger partial charge in [0, 0.05) is 12.1 Å². The zero-order valence-electron chi connectivity index (χ0n) is 14.5. The van der Waals surface area contributed by atoms with Crippen molar-refractivity contribution in [1.29, 1.82) is 0 Å². The lowest BCUT2D eigenvalue weighted by atomic mass is 10.1. The molecule has 146 valence electrons. The number of hydrogen-bond acceptors (Lipinski definition) is 7. The minimum absolute atomic E-state index is 0.122. The van der Waals surface area contributed by atoms with Crippen LogP contribution >= 0.6 is 11.6 Å². The van der Waals surface area contributed by atoms with Crippen LogP contribution in [0.1, 0.15) is 10.4 Å². The van der Waals surface area contributed by atoms with Crippen LogP contribution in [0.15, 0.2) is 48.5 Å². The van der Waals surface area contributed by atoms with Gasteiger partial charge in [-0.05, 0) is 18.2 Å². The third kappa shape index (κ3) is 3.66. The monoisotopic (exact) mass is 405 g/mol. The van der Waals surface area contributed by atoms with Gasteiger partial charge in [-0.15, -0.1) is 0 Å². The molecule has 0 N–H and O–H groups in total. The SMILES string of the molecule is O=C(O[C@H]1CO[C@H]2[C@@H]1OC[C@@H]2Oc1ccc([N+](=O)[O-])cc1Cl)c1ccccc1. The third-order valence-electron chi connectivity index (χ3n) is 4.64. The molecule has 0 unspecified atom stereocenters. The number of halogens is 1. The number of nitro groups is 1. The first kappa shape index (κ1) is 18.7. The summed E-state index contributed by atoms with van der Waals surface area (Å²) in [5.74, 6) is -0.143. The van der Waals surface area contributed by atoms with Crippen molar-refractivity contribution in [2.75, 3.05) is 13.2 Å². The molecule has 2 saturated heterocycles. The lowest BCUT2D eigenvalue weighted by molar-refractivity contribution is -0.384. The van der Waals surface area contributed by atoms with Gasteiger partial charge in [0.1, 0.15) is 18.0 Å². The molecule has 0 spiro atoms. The Morgan fingerprint density at radius 3 is 2.43 bits per heavy atom. The smallest absolute Gasteiger partial charge is 0.338 e. The Kier molecular flexibility index (Phi) is 5.17. The van der Waals surface area contributed by atoms with Crippen LogP contribution in [-0.2, 0) is 14.2 Å². The average molecular weight is 406 g/mol. The summed E-state index contributed by atoms with van der Waals surface area (Å²) < 4.78 is 22.8. The Morgan fingerprint density at radius 2 is 1.75 bits per heavy atom. The molecule has 0 aromatic heterocycles. The number of esters is 1. The average Bonchev–Trinajstić information content (AvgIpc) is 3.27. The quantitative estimate of drug-likeness (QED) is 0.428. The Bertz CT molecular complexity index is 891. The highest BCUT2D eigenvalue weighted by Crippen LogP contribution is 2.35. The lowest BCUT2D eigenvalue weighted by Crippen LogP contribution is -2.36. The molecule has 2 aliphatic rings. The Morgan fingerprint density at radius 1 is 1.07 bits per heavy atom. The molecule has 28 heavy (non-hydrogen) atoms. The van der Waals surface area contributed by atoms with Crippen LogP contribution in [0, 0.1) is 10.1 Å². The van der Waals surface area contributed by atoms with Crippen molar-refractivity contribution in [3.63, 3.8) is 0 Å². The lowest BCUT2D eigenvalue weighted by Gasteiger charge is -2.18. The van der Waals surface area contributed by atoms with E-state index in [4.69, 9.17) is 30.5 Å². The number of carbonyl (C=O) groups is 1. The van der Waals surface area contributed by atoms with Crippen molar-refractivity contribution in [2.24, 2.45) is 0 Å². The van der Waals surface area contributed by atoms with Crippen molar-refractivity contribution in [1.82, 2.24) is 0 Å². The van der Waals surface area contributed by atoms with Gasteiger partial charge in [0.15, 0.2) is 12.2 Å². The maximum absolute atomic E-state index is 12.3. The van der Waals surface area contributed by atoms with Gasteiger partial charge in [-0.2, -0.15) is 0 Å². The van der Waals surface area contributed by atoms with Gasteiger partial charge in [-0.1, -0.05) is 29.8 Å². The molecule has 4 rings (SSSR count). The molecule has 9 heteroatoms. The first-order chi connectivity index (χ1) is 13.5. The normalized spacial score (nSPS) is 25.9. The van der Waals surface area contributed by atoms with Gasteiger partial charge >= 0.3 is 5.97 Å². The molecule has 4 atom stereocenters. The highest BCUT2D eigenvalue weighted by atomic mass is 35.5. The Balaban J connectivity index is 1.40. The maximum atomic E-state index is 12.3. The van der Waals surface area contributed by atoms with Gasteiger partial charge in [-0.3, -0.25) is 10.1 Å². The molecular formula is C19H16ClNO7. The summed E-state index contributed by atoms with van der Waals surface area (Å²) in [4.78, 5) is 22.5. The van der Waals surface area contributed by atoms with E-state index in [1.165, 1.54) is 18.2 Å². The molecule has 2 fully saturated rings. The van der Waals surface area contributed by atoms with Gasteiger partial charge < -0.3 is 18.9 Å². The van der Waals surface area contributed by atoms with E-state index in [0.29, 0.717) is 11.3 Å². The van der Waals surface area contributed by atoms with Gasteiger partial charge in [0.2, 0.25) is 0 Å². The molecule has 2 aromatic rings. The second kappa shape index (κ2) is 7.75. The van der Waals surface area contributed by atoms with E-state index in [1.807, 2.05) is 6.07 Å². The first-order valence-electron chi connectivity index (χ1n) is 8.63. The largest absolute Gasteiger partial charge is 0.484 e. The molecule has 0 amide bonds. The molecule has 2 heterocycles. The fourth-order valence-corrected chi connectivity index (χ4v) is 3.49. The molecule has 0 saturated carbocycles. The predicted octanol–water partition coefficient (Wildman–Crippen LogP) is 3.02. The number of hydrogen-bond donors (Lipinski definition) is 0. The summed E-state index contributed by atoms with van der Waals surface area (Å²) in [5.41, 5.74) is 0.331. The molecule has 0 aliphatic carbocycles. The minimum Gasteiger partial charge on any atom is -0.484 e. The summed E-state index contributed by atoms with van der Waals surface area (Å²) in [7, 11) is 0. The van der Waals surface area contributed by atoms with Crippen molar-refractivity contribution < 1.29 is 28.7 Å². The van der Waals surface area contributed by atoms with E-state index >= 15 is 0 Å². The number of ether oxygens (including phenoxy) is 4. The Hall–Kier alpha value is -2.68. The van der Waals surface area contributed by atoms with E-state index in [2.05, 4.69) is 0 Å². The number of benzene rings is 2. The highest BCUT2D eigenvalue weighted by molar-refractivity contribution is 6.32. The van der Waals surface area contributed by atoms with Crippen molar-refractivity contribution in [3.05, 3.63) is 69.2 Å². The van der Waals surface area contributed by atoms with Crippen molar-refractivity contribution >= 4 is 23.3 Å². The summed E-state index contributed by atoms with van der Waals surface area (Å²) in [6.45, 7) is 0.420. The number of nitrogens with zero attached hydrogens (tertiary/aromatic N) is 1. The van der Waals surface area contributed by atoms with Gasteiger partial charge in [0.25, 0.3) is 5.69 Å². The van der Waals surface area contributed by atoms with Crippen LogP contribution in [0.2, 0.25) is 5.02 Å². The first-order valence-corrected chi connectivity index (χ1v) is 9.00. The van der Waals surface area contributed by atoms with Crippen molar-refractivity contribution in [2.45, 2.75) is 24.4 Å². The number of rotatable bonds is 5. The van der Waals surface area contributed by atoms with Crippen molar-refractivity contribution in [3.8, 4) is 5.75 Å². The number of fused-ring (bicyclic) bond motifs is 1. The van der Waals surface area contributed by atoms with E-state index < -0.39 is 35.3 Å². The van der Waals surface area contributed by atoms with Crippen LogP contribution < -0.4 is 4.74 Å². The number of non-ortho nitro benzene ring substituents is 1. The summed E-state index contributed by atoms with van der Waals surface area (Å²) in [5, 5.41) is 10.9.